The second-order valence-electron chi connectivity index (χ2n) is 9.16. The van der Waals surface area contributed by atoms with Gasteiger partial charge in [0, 0.05) is 29.2 Å². The molecular weight excluding hydrogens is 419 g/mol. The van der Waals surface area contributed by atoms with Crippen LogP contribution in [0, 0.1) is 5.41 Å². The van der Waals surface area contributed by atoms with Crippen LogP contribution in [0.4, 0.5) is 23.7 Å². The Bertz CT molecular complexity index is 809. The van der Waals surface area contributed by atoms with Crippen LogP contribution in [0.5, 0.6) is 0 Å². The average Bonchev–Trinajstić information content (AvgIpc) is 2.60. The number of fused-ring (bicyclic) bond motifs is 2. The van der Waals surface area contributed by atoms with Crippen molar-refractivity contribution in [1.29, 1.82) is 0 Å². The van der Waals surface area contributed by atoms with Crippen LogP contribution in [-0.2, 0) is 11.0 Å². The van der Waals surface area contributed by atoms with Gasteiger partial charge in [0.2, 0.25) is 5.91 Å². The Labute approximate surface area is 179 Å². The highest BCUT2D eigenvalue weighted by Gasteiger charge is 2.42. The van der Waals surface area contributed by atoms with Crippen molar-refractivity contribution in [2.24, 2.45) is 5.41 Å². The highest BCUT2D eigenvalue weighted by Crippen LogP contribution is 2.37. The van der Waals surface area contributed by atoms with Crippen LogP contribution < -0.4 is 10.6 Å². The van der Waals surface area contributed by atoms with Crippen LogP contribution >= 0.6 is 11.6 Å². The Kier molecular flexibility index (Phi) is 6.28. The number of alkyl halides is 3. The van der Waals surface area contributed by atoms with Crippen LogP contribution in [0.15, 0.2) is 18.2 Å². The fourth-order valence-corrected chi connectivity index (χ4v) is 4.47. The molecule has 0 spiro atoms. The molecule has 5 nitrogen and oxygen atoms in total. The minimum Gasteiger partial charge on any atom is -0.353 e. The van der Waals surface area contributed by atoms with E-state index in [9.17, 15) is 22.8 Å². The van der Waals surface area contributed by atoms with Gasteiger partial charge in [0.05, 0.1) is 10.6 Å². The maximum atomic E-state index is 13.1. The summed E-state index contributed by atoms with van der Waals surface area (Å²) >= 11 is 5.66. The number of nitrogens with one attached hydrogen (secondary N) is 2. The molecule has 1 aromatic rings. The van der Waals surface area contributed by atoms with Crippen LogP contribution in [0.1, 0.15) is 58.4 Å². The molecule has 9 heteroatoms. The van der Waals surface area contributed by atoms with E-state index in [0.29, 0.717) is 12.8 Å². The molecule has 166 valence electrons. The highest BCUT2D eigenvalue weighted by atomic mass is 35.5. The Hall–Kier alpha value is -1.96. The van der Waals surface area contributed by atoms with Gasteiger partial charge in [-0.3, -0.25) is 4.79 Å². The first kappa shape index (κ1) is 22.7. The lowest BCUT2D eigenvalue weighted by atomic mass is 9.81. The first-order valence-corrected chi connectivity index (χ1v) is 10.5. The van der Waals surface area contributed by atoms with Crippen molar-refractivity contribution in [1.82, 2.24) is 10.2 Å². The molecule has 2 bridgehead atoms. The fraction of sp³-hybridized carbons (Fsp3) is 0.619. The van der Waals surface area contributed by atoms with Gasteiger partial charge in [-0.15, -0.1) is 0 Å². The number of amides is 3. The topological polar surface area (TPSA) is 61.4 Å². The summed E-state index contributed by atoms with van der Waals surface area (Å²) in [5.74, 6) is -0.0238. The van der Waals surface area contributed by atoms with E-state index in [4.69, 9.17) is 11.6 Å². The Morgan fingerprint density at radius 3 is 2.23 bits per heavy atom. The summed E-state index contributed by atoms with van der Waals surface area (Å²) in [5, 5.41) is 5.28. The number of hydrogen-bond acceptors (Lipinski definition) is 2. The number of halogens is 4. The Balaban J connectivity index is 1.71. The molecule has 0 saturated carbocycles. The maximum absolute atomic E-state index is 13.1. The number of rotatable bonds is 2. The molecule has 2 fully saturated rings. The maximum Gasteiger partial charge on any atom is 0.417 e. The molecule has 0 aliphatic carbocycles. The summed E-state index contributed by atoms with van der Waals surface area (Å²) in [6.45, 7) is 5.56. The molecule has 2 heterocycles. The van der Waals surface area contributed by atoms with Crippen molar-refractivity contribution in [3.05, 3.63) is 28.8 Å². The van der Waals surface area contributed by atoms with Gasteiger partial charge in [-0.25, -0.2) is 4.79 Å². The summed E-state index contributed by atoms with van der Waals surface area (Å²) in [6.07, 6.45) is -0.725. The van der Waals surface area contributed by atoms with E-state index in [1.807, 2.05) is 20.8 Å². The quantitative estimate of drug-likeness (QED) is 0.636. The van der Waals surface area contributed by atoms with Crippen LogP contribution in [0.2, 0.25) is 5.02 Å². The summed E-state index contributed by atoms with van der Waals surface area (Å²) in [5.41, 5.74) is -1.42. The van der Waals surface area contributed by atoms with E-state index in [1.165, 1.54) is 6.07 Å². The number of benzene rings is 1. The molecule has 1 aromatic carbocycles. The molecule has 2 saturated heterocycles. The highest BCUT2D eigenvalue weighted by molar-refractivity contribution is 6.31. The number of piperidine rings is 2. The van der Waals surface area contributed by atoms with Gasteiger partial charge in [-0.2, -0.15) is 13.2 Å². The van der Waals surface area contributed by atoms with E-state index in [1.54, 1.807) is 4.90 Å². The number of urea groups is 1. The molecule has 2 unspecified atom stereocenters. The minimum atomic E-state index is -4.60. The van der Waals surface area contributed by atoms with Crippen LogP contribution in [-0.4, -0.2) is 35.0 Å². The molecule has 2 N–H and O–H groups in total. The first-order valence-electron chi connectivity index (χ1n) is 10.1. The molecule has 0 radical (unpaired) electrons. The Morgan fingerprint density at radius 2 is 1.70 bits per heavy atom. The van der Waals surface area contributed by atoms with E-state index in [0.717, 1.165) is 31.4 Å². The Morgan fingerprint density at radius 1 is 1.10 bits per heavy atom. The largest absolute Gasteiger partial charge is 0.417 e. The summed E-state index contributed by atoms with van der Waals surface area (Å²) in [6, 6.07) is 2.81. The molecule has 30 heavy (non-hydrogen) atoms. The standard InChI is InChI=1S/C21H27ClF3N3O2/c1-20(2,3)18(29)26-13-9-14-5-4-6-15(10-13)28(14)19(30)27-12-7-8-17(22)16(11-12)21(23,24)25/h7-8,11,13-15H,4-6,9-10H2,1-3H3,(H,26,29)(H,27,30). The zero-order valence-electron chi connectivity index (χ0n) is 17.3. The average molecular weight is 446 g/mol. The molecule has 2 aliphatic rings. The number of anilines is 1. The third-order valence-electron chi connectivity index (χ3n) is 5.75. The normalized spacial score (nSPS) is 24.4. The summed E-state index contributed by atoms with van der Waals surface area (Å²) in [7, 11) is 0. The number of nitrogens with zero attached hydrogens (tertiary/aromatic N) is 1. The zero-order chi connectivity index (χ0) is 22.3. The predicted molar refractivity (Wildman–Crippen MR) is 109 cm³/mol. The van der Waals surface area contributed by atoms with Gasteiger partial charge in [-0.05, 0) is 50.3 Å². The van der Waals surface area contributed by atoms with Gasteiger partial charge in [-0.1, -0.05) is 32.4 Å². The van der Waals surface area contributed by atoms with Crippen molar-refractivity contribution in [3.8, 4) is 0 Å². The molecule has 2 atom stereocenters. The number of hydrogen-bond donors (Lipinski definition) is 2. The predicted octanol–water partition coefficient (Wildman–Crippen LogP) is 5.44. The van der Waals surface area contributed by atoms with Crippen molar-refractivity contribution in [3.63, 3.8) is 0 Å². The van der Waals surface area contributed by atoms with Crippen molar-refractivity contribution >= 4 is 29.2 Å². The van der Waals surface area contributed by atoms with Crippen LogP contribution in [0.3, 0.4) is 0 Å². The van der Waals surface area contributed by atoms with Gasteiger partial charge >= 0.3 is 12.2 Å². The molecular formula is C21H27ClF3N3O2. The molecule has 2 aliphatic heterocycles. The zero-order valence-corrected chi connectivity index (χ0v) is 18.0. The fourth-order valence-electron chi connectivity index (χ4n) is 4.24. The summed E-state index contributed by atoms with van der Waals surface area (Å²) < 4.78 is 39.3. The molecule has 0 aromatic heterocycles. The van der Waals surface area contributed by atoms with E-state index < -0.39 is 28.2 Å². The lowest BCUT2D eigenvalue weighted by Crippen LogP contribution is -2.60. The third kappa shape index (κ3) is 5.02. The van der Waals surface area contributed by atoms with Gasteiger partial charge in [0.25, 0.3) is 0 Å². The monoisotopic (exact) mass is 445 g/mol. The van der Waals surface area contributed by atoms with Gasteiger partial charge in [0.15, 0.2) is 0 Å². The number of carbonyl (C=O) groups excluding carboxylic acids is 2. The number of carbonyl (C=O) groups is 2. The minimum absolute atomic E-state index is 0.0107. The summed E-state index contributed by atoms with van der Waals surface area (Å²) in [4.78, 5) is 27.0. The molecule has 3 rings (SSSR count). The van der Waals surface area contributed by atoms with Crippen molar-refractivity contribution in [2.75, 3.05) is 5.32 Å². The molecule has 3 amide bonds. The van der Waals surface area contributed by atoms with Crippen LogP contribution in [0.25, 0.3) is 0 Å². The SMILES string of the molecule is CC(C)(C)C(=O)NC1CC2CCCC(C1)N2C(=O)Nc1ccc(Cl)c(C(F)(F)F)c1. The van der Waals surface area contributed by atoms with E-state index in [2.05, 4.69) is 10.6 Å². The van der Waals surface area contributed by atoms with E-state index in [-0.39, 0.29) is 29.7 Å². The lowest BCUT2D eigenvalue weighted by Gasteiger charge is -2.49. The smallest absolute Gasteiger partial charge is 0.353 e. The first-order chi connectivity index (χ1) is 13.9. The van der Waals surface area contributed by atoms with Crippen molar-refractivity contribution in [2.45, 2.75) is 77.2 Å². The third-order valence-corrected chi connectivity index (χ3v) is 6.08. The van der Waals surface area contributed by atoms with Crippen molar-refractivity contribution < 1.29 is 22.8 Å². The lowest BCUT2D eigenvalue weighted by molar-refractivity contribution is -0.137. The van der Waals surface area contributed by atoms with Gasteiger partial charge in [0.1, 0.15) is 0 Å². The van der Waals surface area contributed by atoms with Gasteiger partial charge < -0.3 is 15.5 Å². The van der Waals surface area contributed by atoms with E-state index >= 15 is 0 Å². The second kappa shape index (κ2) is 8.29. The second-order valence-corrected chi connectivity index (χ2v) is 9.57.